The molecule has 0 aliphatic rings. The number of aliphatic hydroxyl groups is 1. The minimum atomic E-state index is -0.579. The van der Waals surface area contributed by atoms with Crippen molar-refractivity contribution in [3.63, 3.8) is 0 Å². The molecule has 8 nitrogen and oxygen atoms in total. The van der Waals surface area contributed by atoms with Gasteiger partial charge in [-0.2, -0.15) is 0 Å². The van der Waals surface area contributed by atoms with Crippen molar-refractivity contribution in [2.75, 3.05) is 20.0 Å². The maximum atomic E-state index is 12.7. The van der Waals surface area contributed by atoms with E-state index in [2.05, 4.69) is 5.32 Å². The summed E-state index contributed by atoms with van der Waals surface area (Å²) in [5.74, 6) is -1.43. The lowest BCUT2D eigenvalue weighted by Crippen LogP contribution is -2.42. The second-order valence-corrected chi connectivity index (χ2v) is 7.11. The lowest BCUT2D eigenvalue weighted by atomic mass is 9.92. The molecule has 2 unspecified atom stereocenters. The molecule has 0 heterocycles. The molecule has 0 saturated carbocycles. The maximum Gasteiger partial charge on any atom is 0.251 e. The number of carbonyl (C=O) groups excluding carboxylic acids is 2. The number of hydrogen-bond donors (Lipinski definition) is 4. The quantitative estimate of drug-likeness (QED) is 0.167. The minimum Gasteiger partial charge on any atom is -0.392 e. The standard InChI is InChI=1S/C23H30N2O6/c1-2-30-16-31-15-21(24-22(27)19-10-8-18(14-26)9-11-19)13-20(23(28)25-29)12-17-6-4-3-5-7-17/h3-11,20-21,26,29H,2,12-16H2,1H3,(H,24,27)(H,25,28). The van der Waals surface area contributed by atoms with Gasteiger partial charge in [-0.3, -0.25) is 14.8 Å². The monoisotopic (exact) mass is 430 g/mol. The van der Waals surface area contributed by atoms with E-state index in [9.17, 15) is 14.8 Å². The van der Waals surface area contributed by atoms with E-state index in [1.807, 2.05) is 37.3 Å². The Hall–Kier alpha value is -2.78. The average Bonchev–Trinajstić information content (AvgIpc) is 2.81. The third-order valence-electron chi connectivity index (χ3n) is 4.80. The largest absolute Gasteiger partial charge is 0.392 e. The predicted octanol–water partition coefficient (Wildman–Crippen LogP) is 2.04. The Bertz CT molecular complexity index is 797. The van der Waals surface area contributed by atoms with Crippen LogP contribution in [0.4, 0.5) is 0 Å². The first-order valence-corrected chi connectivity index (χ1v) is 10.2. The van der Waals surface area contributed by atoms with Gasteiger partial charge in [-0.15, -0.1) is 0 Å². The van der Waals surface area contributed by atoms with Crippen LogP contribution in [-0.2, 0) is 27.3 Å². The Balaban J connectivity index is 2.10. The topological polar surface area (TPSA) is 117 Å². The number of carbonyl (C=O) groups is 2. The highest BCUT2D eigenvalue weighted by molar-refractivity contribution is 5.94. The van der Waals surface area contributed by atoms with Crippen molar-refractivity contribution >= 4 is 11.8 Å². The third kappa shape index (κ3) is 8.47. The van der Waals surface area contributed by atoms with Gasteiger partial charge in [-0.05, 0) is 43.0 Å². The summed E-state index contributed by atoms with van der Waals surface area (Å²) in [6, 6.07) is 15.6. The van der Waals surface area contributed by atoms with E-state index >= 15 is 0 Å². The van der Waals surface area contributed by atoms with Gasteiger partial charge in [0.15, 0.2) is 0 Å². The molecule has 2 amide bonds. The van der Waals surface area contributed by atoms with Gasteiger partial charge in [0.25, 0.3) is 5.91 Å². The number of ether oxygens (including phenoxy) is 2. The van der Waals surface area contributed by atoms with Crippen LogP contribution in [0.3, 0.4) is 0 Å². The molecule has 2 rings (SSSR count). The molecule has 0 aliphatic heterocycles. The van der Waals surface area contributed by atoms with Crippen molar-refractivity contribution in [3.05, 3.63) is 71.3 Å². The second kappa shape index (κ2) is 13.5. The van der Waals surface area contributed by atoms with Crippen LogP contribution < -0.4 is 10.8 Å². The number of rotatable bonds is 13. The molecule has 168 valence electrons. The zero-order chi connectivity index (χ0) is 22.5. The summed E-state index contributed by atoms with van der Waals surface area (Å²) in [5, 5.41) is 21.3. The molecule has 0 fully saturated rings. The summed E-state index contributed by atoms with van der Waals surface area (Å²) in [4.78, 5) is 25.0. The van der Waals surface area contributed by atoms with E-state index in [1.165, 1.54) is 0 Å². The first kappa shape index (κ1) is 24.5. The average molecular weight is 431 g/mol. The van der Waals surface area contributed by atoms with E-state index in [-0.39, 0.29) is 32.3 Å². The van der Waals surface area contributed by atoms with Gasteiger partial charge in [-0.25, -0.2) is 5.48 Å². The van der Waals surface area contributed by atoms with Crippen LogP contribution in [0, 0.1) is 5.92 Å². The number of hydrogen-bond acceptors (Lipinski definition) is 6. The molecule has 31 heavy (non-hydrogen) atoms. The van der Waals surface area contributed by atoms with E-state index in [1.54, 1.807) is 29.7 Å². The van der Waals surface area contributed by atoms with Crippen molar-refractivity contribution in [1.82, 2.24) is 10.8 Å². The zero-order valence-corrected chi connectivity index (χ0v) is 17.6. The highest BCUT2D eigenvalue weighted by Crippen LogP contribution is 2.16. The van der Waals surface area contributed by atoms with Crippen LogP contribution in [-0.4, -0.2) is 48.2 Å². The lowest BCUT2D eigenvalue weighted by molar-refractivity contribution is -0.134. The summed E-state index contributed by atoms with van der Waals surface area (Å²) in [7, 11) is 0. The number of amides is 2. The fourth-order valence-corrected chi connectivity index (χ4v) is 3.15. The maximum absolute atomic E-state index is 12.7. The van der Waals surface area contributed by atoms with Gasteiger partial charge in [0.1, 0.15) is 6.79 Å². The smallest absolute Gasteiger partial charge is 0.251 e. The summed E-state index contributed by atoms with van der Waals surface area (Å²) in [6.45, 7) is 2.46. The van der Waals surface area contributed by atoms with Crippen molar-refractivity contribution in [1.29, 1.82) is 0 Å². The SMILES string of the molecule is CCOCOCC(CC(Cc1ccccc1)C(=O)NO)NC(=O)c1ccc(CO)cc1. The van der Waals surface area contributed by atoms with E-state index in [4.69, 9.17) is 14.6 Å². The van der Waals surface area contributed by atoms with Gasteiger partial charge < -0.3 is 19.9 Å². The fourth-order valence-electron chi connectivity index (χ4n) is 3.15. The summed E-state index contributed by atoms with van der Waals surface area (Å²) >= 11 is 0. The highest BCUT2D eigenvalue weighted by atomic mass is 16.7. The summed E-state index contributed by atoms with van der Waals surface area (Å²) in [6.07, 6.45) is 0.657. The Morgan fingerprint density at radius 2 is 1.71 bits per heavy atom. The van der Waals surface area contributed by atoms with Crippen molar-refractivity contribution in [2.24, 2.45) is 5.92 Å². The molecule has 0 aromatic heterocycles. The first-order valence-electron chi connectivity index (χ1n) is 10.2. The molecule has 2 aromatic rings. The van der Waals surface area contributed by atoms with Crippen LogP contribution in [0.2, 0.25) is 0 Å². The van der Waals surface area contributed by atoms with E-state index < -0.39 is 17.9 Å². The third-order valence-corrected chi connectivity index (χ3v) is 4.80. The Morgan fingerprint density at radius 1 is 1.00 bits per heavy atom. The Labute approximate surface area is 182 Å². The normalized spacial score (nSPS) is 12.7. The van der Waals surface area contributed by atoms with Crippen LogP contribution in [0.5, 0.6) is 0 Å². The molecule has 2 atom stereocenters. The van der Waals surface area contributed by atoms with Gasteiger partial charge in [-0.1, -0.05) is 42.5 Å². The van der Waals surface area contributed by atoms with Crippen LogP contribution >= 0.6 is 0 Å². The number of hydroxylamine groups is 1. The highest BCUT2D eigenvalue weighted by Gasteiger charge is 2.25. The first-order chi connectivity index (χ1) is 15.1. The number of benzene rings is 2. The molecule has 0 aliphatic carbocycles. The molecule has 0 radical (unpaired) electrons. The Morgan fingerprint density at radius 3 is 2.32 bits per heavy atom. The Kier molecular flexibility index (Phi) is 10.7. The lowest BCUT2D eigenvalue weighted by Gasteiger charge is -2.24. The minimum absolute atomic E-state index is 0.0730. The summed E-state index contributed by atoms with van der Waals surface area (Å²) in [5.41, 5.74) is 3.80. The van der Waals surface area contributed by atoms with Crippen LogP contribution in [0.25, 0.3) is 0 Å². The number of aliphatic hydroxyl groups excluding tert-OH is 1. The van der Waals surface area contributed by atoms with Gasteiger partial charge in [0, 0.05) is 18.1 Å². The van der Waals surface area contributed by atoms with Crippen LogP contribution in [0.15, 0.2) is 54.6 Å². The second-order valence-electron chi connectivity index (χ2n) is 7.11. The van der Waals surface area contributed by atoms with Gasteiger partial charge in [0.05, 0.1) is 19.3 Å². The molecule has 8 heteroatoms. The van der Waals surface area contributed by atoms with E-state index in [0.717, 1.165) is 5.56 Å². The fraction of sp³-hybridized carbons (Fsp3) is 0.391. The van der Waals surface area contributed by atoms with E-state index in [0.29, 0.717) is 24.2 Å². The summed E-state index contributed by atoms with van der Waals surface area (Å²) < 4.78 is 10.7. The molecule has 2 aromatic carbocycles. The van der Waals surface area contributed by atoms with Crippen molar-refractivity contribution in [3.8, 4) is 0 Å². The predicted molar refractivity (Wildman–Crippen MR) is 114 cm³/mol. The van der Waals surface area contributed by atoms with Crippen molar-refractivity contribution < 1.29 is 29.4 Å². The van der Waals surface area contributed by atoms with Crippen LogP contribution in [0.1, 0.15) is 34.8 Å². The van der Waals surface area contributed by atoms with Gasteiger partial charge in [0.2, 0.25) is 5.91 Å². The number of nitrogens with one attached hydrogen (secondary N) is 2. The van der Waals surface area contributed by atoms with Gasteiger partial charge >= 0.3 is 0 Å². The molecule has 0 spiro atoms. The van der Waals surface area contributed by atoms with Crippen molar-refractivity contribution in [2.45, 2.75) is 32.4 Å². The molecular formula is C23H30N2O6. The zero-order valence-electron chi connectivity index (χ0n) is 17.6. The molecule has 4 N–H and O–H groups in total. The molecule has 0 bridgehead atoms. The molecule has 0 saturated heterocycles. The molecular weight excluding hydrogens is 400 g/mol.